The van der Waals surface area contributed by atoms with Gasteiger partial charge < -0.3 is 51.2 Å². The fourth-order valence-electron chi connectivity index (χ4n) is 7.88. The molecule has 0 radical (unpaired) electrons. The predicted octanol–water partition coefficient (Wildman–Crippen LogP) is 1.12. The zero-order valence-electron chi connectivity index (χ0n) is 31.2. The lowest BCUT2D eigenvalue weighted by atomic mass is 9.91. The van der Waals surface area contributed by atoms with Crippen molar-refractivity contribution in [2.75, 3.05) is 41.7 Å². The molecule has 5 aromatic rings. The molecule has 2 aromatic heterocycles. The molecule has 2 saturated heterocycles. The number of sulfonamides is 1. The number of carbonyl (C=O) groups excluding carboxylic acids is 3. The van der Waals surface area contributed by atoms with Gasteiger partial charge in [0.25, 0.3) is 0 Å². The highest BCUT2D eigenvalue weighted by atomic mass is 32.2. The fourth-order valence-corrected chi connectivity index (χ4v) is 8.40. The Bertz CT molecular complexity index is 2440. The average Bonchev–Trinajstić information content (AvgIpc) is 3.99. The molecule has 1 unspecified atom stereocenters. The Kier molecular flexibility index (Phi) is 10.4. The number of aromatic hydroxyl groups is 2. The summed E-state index contributed by atoms with van der Waals surface area (Å²) in [7, 11) is -3.90. The van der Waals surface area contributed by atoms with Crippen molar-refractivity contribution in [1.29, 1.82) is 0 Å². The van der Waals surface area contributed by atoms with Crippen molar-refractivity contribution in [3.63, 3.8) is 0 Å². The highest BCUT2D eigenvalue weighted by Crippen LogP contribution is 2.38. The van der Waals surface area contributed by atoms with Crippen LogP contribution in [0.2, 0.25) is 0 Å². The highest BCUT2D eigenvalue weighted by molar-refractivity contribution is 7.89. The van der Waals surface area contributed by atoms with Crippen molar-refractivity contribution in [2.45, 2.75) is 54.0 Å². The Morgan fingerprint density at radius 3 is 2.17 bits per heavy atom. The van der Waals surface area contributed by atoms with E-state index in [2.05, 4.69) is 26.3 Å². The van der Waals surface area contributed by atoms with Crippen molar-refractivity contribution in [2.24, 2.45) is 5.14 Å². The summed E-state index contributed by atoms with van der Waals surface area (Å²) in [6.45, 7) is 0.810. The van der Waals surface area contributed by atoms with Crippen LogP contribution in [0.4, 0.5) is 27.0 Å². The molecule has 0 spiro atoms. The van der Waals surface area contributed by atoms with Crippen molar-refractivity contribution < 1.29 is 43.2 Å². The van der Waals surface area contributed by atoms with Gasteiger partial charge in [0.15, 0.2) is 17.0 Å². The van der Waals surface area contributed by atoms with Gasteiger partial charge in [-0.25, -0.2) is 28.1 Å². The monoisotopic (exact) mass is 827 g/mol. The molecular weight excluding hydrogens is 787 g/mol. The van der Waals surface area contributed by atoms with Gasteiger partial charge in [0, 0.05) is 37.3 Å². The van der Waals surface area contributed by atoms with Gasteiger partial charge in [-0.3, -0.25) is 9.69 Å². The van der Waals surface area contributed by atoms with Gasteiger partial charge in [0.1, 0.15) is 23.7 Å². The summed E-state index contributed by atoms with van der Waals surface area (Å²) in [5.74, 6) is 0.00504. The largest absolute Gasteiger partial charge is 0.508 e. The minimum absolute atomic E-state index is 0.0222. The number of primary sulfonamides is 1. The number of anilines is 3. The summed E-state index contributed by atoms with van der Waals surface area (Å²) < 4.78 is 24.8. The molecule has 0 bridgehead atoms. The van der Waals surface area contributed by atoms with Crippen LogP contribution in [0.25, 0.3) is 11.2 Å². The first-order valence-corrected chi connectivity index (χ1v) is 20.3. The molecule has 1 aliphatic carbocycles. The second-order valence-corrected chi connectivity index (χ2v) is 16.2. The lowest BCUT2D eigenvalue weighted by molar-refractivity contribution is -0.128. The first-order chi connectivity index (χ1) is 28.2. The third-order valence-corrected chi connectivity index (χ3v) is 11.8. The number of phenols is 2. The Morgan fingerprint density at radius 2 is 1.56 bits per heavy atom. The second-order valence-electron chi connectivity index (χ2n) is 14.7. The van der Waals surface area contributed by atoms with Gasteiger partial charge in [-0.15, -0.1) is 0 Å². The quantitative estimate of drug-likeness (QED) is 0.0844. The van der Waals surface area contributed by atoms with Crippen LogP contribution < -0.4 is 31.3 Å². The number of fused-ring (bicyclic) bond motifs is 1. The number of rotatable bonds is 11. The van der Waals surface area contributed by atoms with E-state index in [4.69, 9.17) is 15.1 Å². The first kappa shape index (κ1) is 39.3. The summed E-state index contributed by atoms with van der Waals surface area (Å²) in [6.07, 6.45) is -0.824. The van der Waals surface area contributed by atoms with E-state index in [1.165, 1.54) is 30.6 Å². The molecule has 8 rings (SSSR count). The van der Waals surface area contributed by atoms with Crippen molar-refractivity contribution in [3.05, 3.63) is 90.3 Å². The summed E-state index contributed by atoms with van der Waals surface area (Å²) in [4.78, 5) is 55.2. The number of hydrogen-bond donors (Lipinski definition) is 9. The molecule has 3 aliphatic rings. The zero-order valence-corrected chi connectivity index (χ0v) is 32.0. The number of nitrogens with one attached hydrogen (secondary N) is 4. The average molecular weight is 828 g/mol. The maximum Gasteiger partial charge on any atom is 0.324 e. The van der Waals surface area contributed by atoms with Gasteiger partial charge in [0.2, 0.25) is 21.9 Å². The number of imidazole rings is 1. The summed E-state index contributed by atoms with van der Waals surface area (Å²) in [5.41, 5.74) is 2.72. The van der Waals surface area contributed by atoms with Crippen molar-refractivity contribution in [3.8, 4) is 11.5 Å². The van der Waals surface area contributed by atoms with Crippen molar-refractivity contribution in [1.82, 2.24) is 35.1 Å². The number of hydrogen-bond acceptors (Lipinski definition) is 14. The first-order valence-electron chi connectivity index (χ1n) is 18.7. The smallest absolute Gasteiger partial charge is 0.324 e. The standard InChI is InChI=1S/C38H41N11O9S/c39-59(57,58)26-11-5-22(6-12-26)43-37(55)44-23-13-14-47(18-23)36-45-34(40-16-27(20-1-7-24(50)8-2-20)21-3-9-25(51)10-4-21)31-35(46-36)48(19-42-31)28-15-29(33(54)32(28)53)49-30(52)17-41-38(49)56/h1-12,19,23,27-29,32-33,50-51,53-54H,13-18H2,(H,41,56)(H2,39,57,58)(H,40,45,46)(H2,43,44,55)/t23?,28-,29+,32+,33-/m1/s1. The second kappa shape index (κ2) is 15.7. The number of aliphatic hydroxyl groups excluding tert-OH is 2. The van der Waals surface area contributed by atoms with Crippen LogP contribution in [0.1, 0.15) is 35.9 Å². The summed E-state index contributed by atoms with van der Waals surface area (Å²) in [6, 6.07) is 15.6. The minimum atomic E-state index is -3.90. The molecule has 5 atom stereocenters. The Balaban J connectivity index is 1.08. The van der Waals surface area contributed by atoms with Gasteiger partial charge in [0.05, 0.1) is 29.9 Å². The molecule has 3 aromatic carbocycles. The summed E-state index contributed by atoms with van der Waals surface area (Å²) in [5, 5.41) is 59.1. The third kappa shape index (κ3) is 7.99. The third-order valence-electron chi connectivity index (χ3n) is 10.9. The number of aromatic nitrogens is 4. The van der Waals surface area contributed by atoms with Crippen LogP contribution >= 0.6 is 0 Å². The van der Waals surface area contributed by atoms with Crippen LogP contribution in [-0.2, 0) is 14.8 Å². The number of carbonyl (C=O) groups is 3. The lowest BCUT2D eigenvalue weighted by Crippen LogP contribution is -2.46. The van der Waals surface area contributed by atoms with Crippen LogP contribution in [0, 0.1) is 0 Å². The molecule has 20 nitrogen and oxygen atoms in total. The van der Waals surface area contributed by atoms with Gasteiger partial charge in [-0.1, -0.05) is 24.3 Å². The van der Waals surface area contributed by atoms with Crippen LogP contribution in [0.15, 0.2) is 84.0 Å². The Morgan fingerprint density at radius 1 is 0.915 bits per heavy atom. The number of imide groups is 1. The topological polar surface area (TPSA) is 290 Å². The van der Waals surface area contributed by atoms with Crippen LogP contribution in [0.3, 0.4) is 0 Å². The molecule has 59 heavy (non-hydrogen) atoms. The van der Waals surface area contributed by atoms with E-state index < -0.39 is 52.3 Å². The Labute approximate surface area is 336 Å². The number of benzene rings is 3. The van der Waals surface area contributed by atoms with Crippen LogP contribution in [-0.4, -0.2) is 122 Å². The maximum absolute atomic E-state index is 13.0. The van der Waals surface area contributed by atoms with E-state index in [-0.39, 0.29) is 53.8 Å². The highest BCUT2D eigenvalue weighted by Gasteiger charge is 2.50. The number of amides is 5. The number of nitrogens with zero attached hydrogens (tertiary/aromatic N) is 6. The van der Waals surface area contributed by atoms with E-state index in [9.17, 15) is 43.2 Å². The summed E-state index contributed by atoms with van der Waals surface area (Å²) >= 11 is 0. The number of nitrogens with two attached hydrogens (primary N) is 1. The van der Waals surface area contributed by atoms with Crippen LogP contribution in [0.5, 0.6) is 11.5 Å². The molecule has 308 valence electrons. The van der Waals surface area contributed by atoms with E-state index >= 15 is 0 Å². The van der Waals surface area contributed by atoms with Gasteiger partial charge in [-0.05, 0) is 72.5 Å². The molecule has 1 saturated carbocycles. The Hall–Kier alpha value is -6.55. The fraction of sp³-hybridized carbons (Fsp3) is 0.316. The van der Waals surface area contributed by atoms with Gasteiger partial charge >= 0.3 is 12.1 Å². The number of phenolic OH excluding ortho intramolecular Hbond substituents is 2. The molecular formula is C38H41N11O9S. The molecule has 21 heteroatoms. The van der Waals surface area contributed by atoms with E-state index in [0.29, 0.717) is 42.2 Å². The zero-order chi connectivity index (χ0) is 41.6. The molecule has 5 amide bonds. The maximum atomic E-state index is 13.0. The normalized spacial score (nSPS) is 22.0. The van der Waals surface area contributed by atoms with E-state index in [0.717, 1.165) is 16.0 Å². The molecule has 3 fully saturated rings. The molecule has 2 aliphatic heterocycles. The SMILES string of the molecule is NS(=O)(=O)c1ccc(NC(=O)NC2CCN(c3nc(NCC(c4ccc(O)cc4)c4ccc(O)cc4)c4ncn([C@@H]5C[C@H](N6C(=O)CNC6=O)[C@@H](O)[C@H]5O)c4n3)C2)cc1. The number of urea groups is 2. The minimum Gasteiger partial charge on any atom is -0.508 e. The molecule has 4 heterocycles. The molecule has 10 N–H and O–H groups in total. The predicted molar refractivity (Wildman–Crippen MR) is 212 cm³/mol. The van der Waals surface area contributed by atoms with E-state index in [1.54, 1.807) is 53.1 Å². The lowest BCUT2D eigenvalue weighted by Gasteiger charge is -2.23. The van der Waals surface area contributed by atoms with Crippen molar-refractivity contribution >= 4 is 56.6 Å². The van der Waals surface area contributed by atoms with Gasteiger partial charge in [-0.2, -0.15) is 9.97 Å². The number of aliphatic hydroxyl groups is 2. The van der Waals surface area contributed by atoms with E-state index in [1.807, 2.05) is 4.90 Å².